The summed E-state index contributed by atoms with van der Waals surface area (Å²) in [4.78, 5) is 35.4. The molecule has 8 nitrogen and oxygen atoms in total. The summed E-state index contributed by atoms with van der Waals surface area (Å²) in [6.45, 7) is -0.497. The fourth-order valence-electron chi connectivity index (χ4n) is 2.47. The minimum Gasteiger partial charge on any atom is -0.495 e. The number of benzene rings is 2. The van der Waals surface area contributed by atoms with Crippen LogP contribution in [0, 0.1) is 0 Å². The zero-order valence-corrected chi connectivity index (χ0v) is 15.9. The van der Waals surface area contributed by atoms with Gasteiger partial charge in [-0.1, -0.05) is 41.9 Å². The van der Waals surface area contributed by atoms with Crippen LogP contribution in [0.3, 0.4) is 0 Å². The Balaban J connectivity index is 1.94. The number of hydrogen-bond donors (Lipinski definition) is 3. The van der Waals surface area contributed by atoms with Crippen LogP contribution in [0.2, 0.25) is 5.02 Å². The number of rotatable bonds is 8. The third-order valence-corrected chi connectivity index (χ3v) is 4.06. The number of ether oxygens (including phenoxy) is 2. The first-order valence-corrected chi connectivity index (χ1v) is 8.67. The second-order valence-corrected chi connectivity index (χ2v) is 6.10. The second kappa shape index (κ2) is 10.2. The van der Waals surface area contributed by atoms with Crippen LogP contribution < -0.4 is 21.1 Å². The summed E-state index contributed by atoms with van der Waals surface area (Å²) in [6, 6.07) is 11.9. The highest BCUT2D eigenvalue weighted by Crippen LogP contribution is 2.25. The van der Waals surface area contributed by atoms with Crippen molar-refractivity contribution in [2.45, 2.75) is 12.5 Å². The number of para-hydroxylation sites is 2. The number of urea groups is 1. The lowest BCUT2D eigenvalue weighted by atomic mass is 10.0. The Kier molecular flexibility index (Phi) is 7.65. The SMILES string of the molecule is COc1ccccc1NC(=O)COC(=O)C[C@H](NC(N)=O)c1ccccc1Cl. The van der Waals surface area contributed by atoms with Crippen molar-refractivity contribution in [2.24, 2.45) is 5.73 Å². The van der Waals surface area contributed by atoms with Gasteiger partial charge in [0.05, 0.1) is 25.3 Å². The Hall–Kier alpha value is -3.26. The van der Waals surface area contributed by atoms with Crippen molar-refractivity contribution in [1.29, 1.82) is 0 Å². The highest BCUT2D eigenvalue weighted by atomic mass is 35.5. The van der Waals surface area contributed by atoms with Crippen molar-refractivity contribution in [1.82, 2.24) is 5.32 Å². The van der Waals surface area contributed by atoms with E-state index in [-0.39, 0.29) is 6.42 Å². The van der Waals surface area contributed by atoms with Gasteiger partial charge < -0.3 is 25.8 Å². The summed E-state index contributed by atoms with van der Waals surface area (Å²) in [5, 5.41) is 5.40. The van der Waals surface area contributed by atoms with Crippen molar-refractivity contribution < 1.29 is 23.9 Å². The van der Waals surface area contributed by atoms with E-state index in [2.05, 4.69) is 10.6 Å². The molecule has 1 atom stereocenters. The van der Waals surface area contributed by atoms with E-state index < -0.39 is 30.6 Å². The first-order chi connectivity index (χ1) is 13.4. The molecule has 0 bridgehead atoms. The third-order valence-electron chi connectivity index (χ3n) is 3.71. The largest absolute Gasteiger partial charge is 0.495 e. The molecule has 2 aromatic rings. The molecule has 2 rings (SSSR count). The van der Waals surface area contributed by atoms with Gasteiger partial charge in [-0.3, -0.25) is 9.59 Å². The molecule has 148 valence electrons. The number of nitrogens with one attached hydrogen (secondary N) is 2. The molecule has 0 aliphatic rings. The van der Waals surface area contributed by atoms with Crippen molar-refractivity contribution in [3.8, 4) is 5.75 Å². The monoisotopic (exact) mass is 405 g/mol. The lowest BCUT2D eigenvalue weighted by Gasteiger charge is -2.18. The smallest absolute Gasteiger partial charge is 0.312 e. The van der Waals surface area contributed by atoms with E-state index in [0.29, 0.717) is 22.0 Å². The van der Waals surface area contributed by atoms with Crippen LogP contribution in [-0.2, 0) is 14.3 Å². The molecule has 0 aliphatic carbocycles. The summed E-state index contributed by atoms with van der Waals surface area (Å²) in [5.74, 6) is -0.754. The van der Waals surface area contributed by atoms with Crippen LogP contribution in [-0.4, -0.2) is 31.6 Å². The molecule has 0 radical (unpaired) electrons. The first kappa shape index (κ1) is 21.0. The Morgan fingerprint density at radius 1 is 1.11 bits per heavy atom. The molecule has 0 unspecified atom stereocenters. The lowest BCUT2D eigenvalue weighted by Crippen LogP contribution is -2.35. The zero-order chi connectivity index (χ0) is 20.5. The van der Waals surface area contributed by atoms with Crippen LogP contribution in [0.15, 0.2) is 48.5 Å². The van der Waals surface area contributed by atoms with Crippen LogP contribution in [0.1, 0.15) is 18.0 Å². The molecule has 0 aromatic heterocycles. The summed E-state index contributed by atoms with van der Waals surface area (Å²) >= 11 is 6.11. The van der Waals surface area contributed by atoms with E-state index in [1.165, 1.54) is 7.11 Å². The van der Waals surface area contributed by atoms with Gasteiger partial charge >= 0.3 is 12.0 Å². The van der Waals surface area contributed by atoms with E-state index in [1.54, 1.807) is 48.5 Å². The molecule has 0 aliphatic heterocycles. The molecular weight excluding hydrogens is 386 g/mol. The van der Waals surface area contributed by atoms with E-state index in [0.717, 1.165) is 0 Å². The van der Waals surface area contributed by atoms with Gasteiger partial charge in [-0.05, 0) is 23.8 Å². The molecule has 3 amide bonds. The summed E-state index contributed by atoms with van der Waals surface area (Å²) in [7, 11) is 1.48. The van der Waals surface area contributed by atoms with Gasteiger partial charge in [0.25, 0.3) is 5.91 Å². The maximum atomic E-state index is 12.1. The number of nitrogens with two attached hydrogens (primary N) is 1. The molecule has 0 saturated carbocycles. The van der Waals surface area contributed by atoms with Gasteiger partial charge in [-0.2, -0.15) is 0 Å². The molecule has 28 heavy (non-hydrogen) atoms. The number of carbonyl (C=O) groups is 3. The number of carbonyl (C=O) groups excluding carboxylic acids is 3. The summed E-state index contributed by atoms with van der Waals surface area (Å²) < 4.78 is 10.1. The number of halogens is 1. The topological polar surface area (TPSA) is 120 Å². The third kappa shape index (κ3) is 6.17. The average molecular weight is 406 g/mol. The predicted octanol–water partition coefficient (Wildman–Crippen LogP) is 2.63. The van der Waals surface area contributed by atoms with Crippen molar-refractivity contribution in [3.63, 3.8) is 0 Å². The zero-order valence-electron chi connectivity index (χ0n) is 15.1. The number of hydrogen-bond acceptors (Lipinski definition) is 5. The number of esters is 1. The van der Waals surface area contributed by atoms with Crippen LogP contribution >= 0.6 is 11.6 Å². The normalized spacial score (nSPS) is 11.2. The molecule has 4 N–H and O–H groups in total. The lowest BCUT2D eigenvalue weighted by molar-refractivity contribution is -0.147. The Labute approximate surface area is 166 Å². The maximum absolute atomic E-state index is 12.1. The van der Waals surface area contributed by atoms with Gasteiger partial charge in [0.1, 0.15) is 5.75 Å². The molecule has 0 saturated heterocycles. The molecule has 0 heterocycles. The van der Waals surface area contributed by atoms with Crippen molar-refractivity contribution in [2.75, 3.05) is 19.0 Å². The van der Waals surface area contributed by atoms with Crippen molar-refractivity contribution >= 4 is 35.2 Å². The Morgan fingerprint density at radius 3 is 2.46 bits per heavy atom. The van der Waals surface area contributed by atoms with Gasteiger partial charge in [-0.15, -0.1) is 0 Å². The molecule has 9 heteroatoms. The number of primary amides is 1. The van der Waals surface area contributed by atoms with Crippen LogP contribution in [0.4, 0.5) is 10.5 Å². The molecule has 0 fully saturated rings. The van der Waals surface area contributed by atoms with Gasteiger partial charge in [0.15, 0.2) is 6.61 Å². The average Bonchev–Trinajstić information content (AvgIpc) is 2.66. The standard InChI is InChI=1S/C19H20ClN3O5/c1-27-16-9-5-4-8-14(16)22-17(24)11-28-18(25)10-15(23-19(21)26)12-6-2-3-7-13(12)20/h2-9,15H,10-11H2,1H3,(H,22,24)(H3,21,23,26)/t15-/m0/s1. The second-order valence-electron chi connectivity index (χ2n) is 5.70. The highest BCUT2D eigenvalue weighted by Gasteiger charge is 2.21. The fourth-order valence-corrected chi connectivity index (χ4v) is 2.74. The van der Waals surface area contributed by atoms with E-state index in [1.807, 2.05) is 0 Å². The molecular formula is C19H20ClN3O5. The minimum atomic E-state index is -0.813. The van der Waals surface area contributed by atoms with Crippen LogP contribution in [0.25, 0.3) is 0 Å². The number of amides is 3. The predicted molar refractivity (Wildman–Crippen MR) is 104 cm³/mol. The van der Waals surface area contributed by atoms with Gasteiger partial charge in [0.2, 0.25) is 0 Å². The van der Waals surface area contributed by atoms with Gasteiger partial charge in [0, 0.05) is 5.02 Å². The quantitative estimate of drug-likeness (QED) is 0.583. The van der Waals surface area contributed by atoms with Crippen molar-refractivity contribution in [3.05, 3.63) is 59.1 Å². The van der Waals surface area contributed by atoms with Gasteiger partial charge in [-0.25, -0.2) is 4.79 Å². The van der Waals surface area contributed by atoms with E-state index in [4.69, 9.17) is 26.8 Å². The highest BCUT2D eigenvalue weighted by molar-refractivity contribution is 6.31. The Morgan fingerprint density at radius 2 is 1.79 bits per heavy atom. The van der Waals surface area contributed by atoms with E-state index >= 15 is 0 Å². The number of methoxy groups -OCH3 is 1. The fraction of sp³-hybridized carbons (Fsp3) is 0.211. The number of anilines is 1. The summed E-state index contributed by atoms with van der Waals surface area (Å²) in [5.41, 5.74) is 6.14. The van der Waals surface area contributed by atoms with Crippen LogP contribution in [0.5, 0.6) is 5.75 Å². The maximum Gasteiger partial charge on any atom is 0.312 e. The molecule has 0 spiro atoms. The van der Waals surface area contributed by atoms with E-state index in [9.17, 15) is 14.4 Å². The Bertz CT molecular complexity index is 859. The minimum absolute atomic E-state index is 0.241. The molecule has 2 aromatic carbocycles. The first-order valence-electron chi connectivity index (χ1n) is 8.29. The summed E-state index contributed by atoms with van der Waals surface area (Å²) in [6.07, 6.45) is -0.241.